The van der Waals surface area contributed by atoms with E-state index in [1.807, 2.05) is 0 Å². The molecular formula is C14H14N2O2. The summed E-state index contributed by atoms with van der Waals surface area (Å²) in [5.41, 5.74) is 1.67. The first-order chi connectivity index (χ1) is 8.36. The zero-order valence-electron chi connectivity index (χ0n) is 10.1. The molecule has 0 aliphatic heterocycles. The zero-order valence-corrected chi connectivity index (χ0v) is 10.1. The van der Waals surface area contributed by atoms with Crippen molar-refractivity contribution >= 4 is 25.2 Å². The van der Waals surface area contributed by atoms with Gasteiger partial charge in [0.25, 0.3) is 11.8 Å². The second kappa shape index (κ2) is 4.87. The van der Waals surface area contributed by atoms with Crippen LogP contribution in [0.1, 0.15) is 0 Å². The number of aliphatic imine (C=N–C) groups is 2. The molecule has 2 atom stereocenters. The highest BCUT2D eigenvalue weighted by molar-refractivity contribution is 5.96. The molecule has 0 radical (unpaired) electrons. The molecule has 0 saturated heterocycles. The molecule has 18 heavy (non-hydrogen) atoms. The average molecular weight is 242 g/mol. The first-order valence-electron chi connectivity index (χ1n) is 5.13. The summed E-state index contributed by atoms with van der Waals surface area (Å²) < 4.78 is 0. The van der Waals surface area contributed by atoms with Gasteiger partial charge in [-0.2, -0.15) is 0 Å². The van der Waals surface area contributed by atoms with Gasteiger partial charge in [-0.15, -0.1) is 0 Å². The van der Waals surface area contributed by atoms with Gasteiger partial charge in [0.15, 0.2) is 0 Å². The van der Waals surface area contributed by atoms with Crippen molar-refractivity contribution in [2.24, 2.45) is 21.8 Å². The van der Waals surface area contributed by atoms with Crippen LogP contribution in [0.15, 0.2) is 58.6 Å². The van der Waals surface area contributed by atoms with Gasteiger partial charge in [0.1, 0.15) is 0 Å². The molecule has 2 unspecified atom stereocenters. The highest BCUT2D eigenvalue weighted by Crippen LogP contribution is 2.43. The van der Waals surface area contributed by atoms with E-state index in [0.717, 1.165) is 0 Å². The maximum atomic E-state index is 11.7. The van der Waals surface area contributed by atoms with Crippen LogP contribution >= 0.6 is 0 Å². The maximum Gasteiger partial charge on any atom is 0.256 e. The van der Waals surface area contributed by atoms with Crippen LogP contribution in [0.3, 0.4) is 0 Å². The van der Waals surface area contributed by atoms with Gasteiger partial charge in [-0.1, -0.05) is 26.3 Å². The lowest BCUT2D eigenvalue weighted by Crippen LogP contribution is -2.32. The van der Waals surface area contributed by atoms with Gasteiger partial charge in [0.2, 0.25) is 0 Å². The van der Waals surface area contributed by atoms with Crippen LogP contribution in [0.2, 0.25) is 0 Å². The van der Waals surface area contributed by atoms with Crippen molar-refractivity contribution in [2.75, 3.05) is 0 Å². The van der Waals surface area contributed by atoms with E-state index in [9.17, 15) is 9.59 Å². The Kier molecular flexibility index (Phi) is 3.71. The van der Waals surface area contributed by atoms with Crippen molar-refractivity contribution in [1.82, 2.24) is 0 Å². The van der Waals surface area contributed by atoms with Crippen LogP contribution < -0.4 is 0 Å². The van der Waals surface area contributed by atoms with Crippen molar-refractivity contribution in [3.63, 3.8) is 0 Å². The van der Waals surface area contributed by atoms with E-state index in [4.69, 9.17) is 0 Å². The Bertz CT molecular complexity index is 482. The number of nitrogens with zero attached hydrogens (tertiary/aromatic N) is 2. The van der Waals surface area contributed by atoms with E-state index < -0.39 is 23.7 Å². The number of carbonyl (C=O) groups excluding carboxylic acids is 2. The van der Waals surface area contributed by atoms with Crippen LogP contribution in [-0.2, 0) is 9.59 Å². The van der Waals surface area contributed by atoms with E-state index in [-0.39, 0.29) is 0 Å². The summed E-state index contributed by atoms with van der Waals surface area (Å²) in [6.07, 6.45) is 0. The van der Waals surface area contributed by atoms with E-state index in [2.05, 4.69) is 49.7 Å². The van der Waals surface area contributed by atoms with Crippen molar-refractivity contribution in [2.45, 2.75) is 0 Å². The number of amides is 2. The highest BCUT2D eigenvalue weighted by Gasteiger charge is 2.40. The molecule has 92 valence electrons. The molecular weight excluding hydrogens is 228 g/mol. The zero-order chi connectivity index (χ0) is 14.0. The standard InChI is InChI=1S/C14H14N2O2/c1-7-8(2)11(13(17)15-5)10(4)12(9(7)3)14(18)16-6/h11-12H,1-6H2. The summed E-state index contributed by atoms with van der Waals surface area (Å²) in [4.78, 5) is 30.1. The van der Waals surface area contributed by atoms with Crippen LogP contribution in [0, 0.1) is 11.8 Å². The highest BCUT2D eigenvalue weighted by atomic mass is 16.2. The monoisotopic (exact) mass is 242 g/mol. The summed E-state index contributed by atoms with van der Waals surface area (Å²) in [5, 5.41) is 0. The molecule has 0 heterocycles. The fourth-order valence-corrected chi connectivity index (χ4v) is 1.97. The molecule has 1 fully saturated rings. The molecule has 2 amide bonds. The molecule has 1 aliphatic carbocycles. The van der Waals surface area contributed by atoms with E-state index >= 15 is 0 Å². The third-order valence-corrected chi connectivity index (χ3v) is 3.02. The minimum Gasteiger partial charge on any atom is -0.272 e. The molecule has 0 bridgehead atoms. The quantitative estimate of drug-likeness (QED) is 0.548. The van der Waals surface area contributed by atoms with Gasteiger partial charge in [0.05, 0.1) is 11.8 Å². The number of hydrogen-bond donors (Lipinski definition) is 0. The van der Waals surface area contributed by atoms with Crippen LogP contribution in [0.4, 0.5) is 0 Å². The minimum atomic E-state index is -0.795. The lowest BCUT2D eigenvalue weighted by Gasteiger charge is -2.33. The Morgan fingerprint density at radius 2 is 1.17 bits per heavy atom. The molecule has 4 nitrogen and oxygen atoms in total. The first-order valence-corrected chi connectivity index (χ1v) is 5.13. The van der Waals surface area contributed by atoms with Gasteiger partial charge in [-0.05, 0) is 35.7 Å². The number of hydrogen-bond acceptors (Lipinski definition) is 2. The van der Waals surface area contributed by atoms with Crippen molar-refractivity contribution in [3.8, 4) is 0 Å². The van der Waals surface area contributed by atoms with Crippen LogP contribution in [0.5, 0.6) is 0 Å². The fraction of sp³-hybridized carbons (Fsp3) is 0.143. The molecule has 1 aliphatic rings. The molecule has 0 N–H and O–H groups in total. The third kappa shape index (κ3) is 1.93. The Morgan fingerprint density at radius 1 is 0.833 bits per heavy atom. The van der Waals surface area contributed by atoms with Crippen molar-refractivity contribution in [3.05, 3.63) is 48.6 Å². The van der Waals surface area contributed by atoms with Gasteiger partial charge < -0.3 is 0 Å². The molecule has 4 heteroatoms. The maximum absolute atomic E-state index is 11.7. The predicted octanol–water partition coefficient (Wildman–Crippen LogP) is 1.91. The van der Waals surface area contributed by atoms with Gasteiger partial charge in [-0.25, -0.2) is 9.98 Å². The number of carbonyl (C=O) groups is 2. The van der Waals surface area contributed by atoms with E-state index in [1.54, 1.807) is 0 Å². The smallest absolute Gasteiger partial charge is 0.256 e. The van der Waals surface area contributed by atoms with E-state index in [1.165, 1.54) is 0 Å². The SMILES string of the molecule is C=NC(=O)C1C(=C)C(=C)C(=C)C(C(=O)N=C)C1=C. The lowest BCUT2D eigenvalue weighted by atomic mass is 9.69. The Balaban J connectivity index is 3.33. The minimum absolute atomic E-state index is 0.340. The van der Waals surface area contributed by atoms with Gasteiger partial charge >= 0.3 is 0 Å². The second-order valence-electron chi connectivity index (χ2n) is 3.96. The predicted molar refractivity (Wildman–Crippen MR) is 72.7 cm³/mol. The normalized spacial score (nSPS) is 23.8. The molecule has 1 saturated carbocycles. The van der Waals surface area contributed by atoms with E-state index in [0.29, 0.717) is 22.3 Å². The molecule has 0 spiro atoms. The topological polar surface area (TPSA) is 58.9 Å². The third-order valence-electron chi connectivity index (χ3n) is 3.02. The van der Waals surface area contributed by atoms with Gasteiger partial charge in [-0.3, -0.25) is 9.59 Å². The molecule has 1 rings (SSSR count). The Morgan fingerprint density at radius 3 is 1.44 bits per heavy atom. The Labute approximate surface area is 106 Å². The number of rotatable bonds is 2. The summed E-state index contributed by atoms with van der Waals surface area (Å²) in [6, 6.07) is 0. The Hall–Kier alpha value is -2.36. The van der Waals surface area contributed by atoms with Crippen LogP contribution in [0.25, 0.3) is 0 Å². The summed E-state index contributed by atoms with van der Waals surface area (Å²) in [5.74, 6) is -2.62. The van der Waals surface area contributed by atoms with Crippen molar-refractivity contribution < 1.29 is 9.59 Å². The molecule has 0 aromatic heterocycles. The number of allylic oxidation sites excluding steroid dienone is 1. The van der Waals surface area contributed by atoms with Crippen LogP contribution in [-0.4, -0.2) is 25.2 Å². The summed E-state index contributed by atoms with van der Waals surface area (Å²) in [7, 11) is 0. The largest absolute Gasteiger partial charge is 0.272 e. The summed E-state index contributed by atoms with van der Waals surface area (Å²) >= 11 is 0. The van der Waals surface area contributed by atoms with Crippen molar-refractivity contribution in [1.29, 1.82) is 0 Å². The van der Waals surface area contributed by atoms with Gasteiger partial charge in [0, 0.05) is 0 Å². The fourth-order valence-electron chi connectivity index (χ4n) is 1.97. The molecule has 0 aromatic carbocycles. The molecule has 0 aromatic rings. The average Bonchev–Trinajstić information content (AvgIpc) is 2.35. The lowest BCUT2D eigenvalue weighted by molar-refractivity contribution is -0.120. The first kappa shape index (κ1) is 13.7. The summed E-state index contributed by atoms with van der Waals surface area (Å²) in [6.45, 7) is 21.5. The second-order valence-corrected chi connectivity index (χ2v) is 3.96.